The van der Waals surface area contributed by atoms with E-state index in [9.17, 15) is 9.90 Å². The van der Waals surface area contributed by atoms with Crippen LogP contribution in [0.4, 0.5) is 0 Å². The van der Waals surface area contributed by atoms with E-state index in [1.165, 1.54) is 6.92 Å². The molecule has 0 saturated carbocycles. The lowest BCUT2D eigenvalue weighted by Gasteiger charge is -2.23. The van der Waals surface area contributed by atoms with Crippen LogP contribution in [0.15, 0.2) is 24.3 Å². The highest BCUT2D eigenvalue weighted by Gasteiger charge is 2.33. The molecular formula is C17H24O3. The normalized spacial score (nSPS) is 14.5. The third kappa shape index (κ3) is 4.02. The Bertz CT molecular complexity index is 490. The molecule has 0 heterocycles. The monoisotopic (exact) mass is 276 g/mol. The maximum atomic E-state index is 12.5. The molecule has 0 saturated heterocycles. The fourth-order valence-electron chi connectivity index (χ4n) is 2.29. The Morgan fingerprint density at radius 1 is 1.30 bits per heavy atom. The smallest absolute Gasteiger partial charge is 0.196 e. The van der Waals surface area contributed by atoms with E-state index in [0.29, 0.717) is 12.2 Å². The minimum Gasteiger partial charge on any atom is -0.380 e. The number of allylic oxidation sites excluding steroid dienone is 1. The number of Topliss-reactive ketones (excluding diaryl/α,β-unsaturated/α-hetero) is 1. The van der Waals surface area contributed by atoms with Gasteiger partial charge >= 0.3 is 0 Å². The van der Waals surface area contributed by atoms with Crippen LogP contribution in [-0.2, 0) is 4.74 Å². The Kier molecular flexibility index (Phi) is 5.66. The number of ketones is 1. The molecule has 110 valence electrons. The second-order valence-corrected chi connectivity index (χ2v) is 5.46. The van der Waals surface area contributed by atoms with Gasteiger partial charge in [0.25, 0.3) is 0 Å². The molecule has 1 unspecified atom stereocenters. The molecule has 20 heavy (non-hydrogen) atoms. The van der Waals surface area contributed by atoms with Crippen LogP contribution < -0.4 is 0 Å². The molecule has 0 bridgehead atoms. The summed E-state index contributed by atoms with van der Waals surface area (Å²) in [6.45, 7) is 9.56. The van der Waals surface area contributed by atoms with Crippen LogP contribution in [0.3, 0.4) is 0 Å². The van der Waals surface area contributed by atoms with Crippen molar-refractivity contribution in [2.75, 3.05) is 13.2 Å². The summed E-state index contributed by atoms with van der Waals surface area (Å²) >= 11 is 0. The average molecular weight is 276 g/mol. The van der Waals surface area contributed by atoms with Crippen LogP contribution in [0.5, 0.6) is 0 Å². The molecule has 0 spiro atoms. The molecule has 0 aromatic heterocycles. The van der Waals surface area contributed by atoms with Crippen molar-refractivity contribution in [1.82, 2.24) is 0 Å². The Morgan fingerprint density at radius 3 is 2.35 bits per heavy atom. The SMILES string of the molecule is C/C=C/COCC(C)(O)C(=O)c1c(C)cc(C)cc1C. The first-order chi connectivity index (χ1) is 9.29. The molecule has 0 aliphatic rings. The summed E-state index contributed by atoms with van der Waals surface area (Å²) in [6, 6.07) is 3.91. The maximum Gasteiger partial charge on any atom is 0.196 e. The molecule has 0 fully saturated rings. The summed E-state index contributed by atoms with van der Waals surface area (Å²) in [4.78, 5) is 12.5. The van der Waals surface area contributed by atoms with Crippen molar-refractivity contribution in [1.29, 1.82) is 0 Å². The van der Waals surface area contributed by atoms with Gasteiger partial charge in [-0.15, -0.1) is 0 Å². The summed E-state index contributed by atoms with van der Waals surface area (Å²) in [5.41, 5.74) is 1.98. The first-order valence-corrected chi connectivity index (χ1v) is 6.83. The molecule has 3 heteroatoms. The van der Waals surface area contributed by atoms with Crippen molar-refractivity contribution in [2.24, 2.45) is 0 Å². The molecule has 1 N–H and O–H groups in total. The topological polar surface area (TPSA) is 46.5 Å². The summed E-state index contributed by atoms with van der Waals surface area (Å²) in [5, 5.41) is 10.4. The molecule has 0 aliphatic heterocycles. The van der Waals surface area contributed by atoms with E-state index in [-0.39, 0.29) is 12.4 Å². The highest BCUT2D eigenvalue weighted by molar-refractivity contribution is 6.04. The van der Waals surface area contributed by atoms with Gasteiger partial charge in [-0.2, -0.15) is 0 Å². The Morgan fingerprint density at radius 2 is 1.85 bits per heavy atom. The second kappa shape index (κ2) is 6.82. The van der Waals surface area contributed by atoms with E-state index < -0.39 is 5.60 Å². The molecule has 1 atom stereocenters. The van der Waals surface area contributed by atoms with Gasteiger partial charge in [-0.1, -0.05) is 29.8 Å². The third-order valence-corrected chi connectivity index (χ3v) is 3.23. The number of rotatable bonds is 6. The number of aryl methyl sites for hydroxylation is 3. The Hall–Kier alpha value is -1.45. The minimum absolute atomic E-state index is 0.0110. The number of ether oxygens (including phenoxy) is 1. The predicted molar refractivity (Wildman–Crippen MR) is 81.2 cm³/mol. The largest absolute Gasteiger partial charge is 0.380 e. The fraction of sp³-hybridized carbons (Fsp3) is 0.471. The lowest BCUT2D eigenvalue weighted by Crippen LogP contribution is -2.41. The van der Waals surface area contributed by atoms with Gasteiger partial charge < -0.3 is 9.84 Å². The van der Waals surface area contributed by atoms with Crippen molar-refractivity contribution in [3.63, 3.8) is 0 Å². The first kappa shape index (κ1) is 16.6. The van der Waals surface area contributed by atoms with E-state index in [0.717, 1.165) is 16.7 Å². The van der Waals surface area contributed by atoms with Gasteiger partial charge in [0.05, 0.1) is 13.2 Å². The molecular weight excluding hydrogens is 252 g/mol. The van der Waals surface area contributed by atoms with Crippen LogP contribution in [0.2, 0.25) is 0 Å². The molecule has 1 aromatic rings. The van der Waals surface area contributed by atoms with Crippen LogP contribution in [0, 0.1) is 20.8 Å². The van der Waals surface area contributed by atoms with Crippen molar-refractivity contribution >= 4 is 5.78 Å². The molecule has 0 aliphatic carbocycles. The van der Waals surface area contributed by atoms with E-state index >= 15 is 0 Å². The molecule has 1 rings (SSSR count). The van der Waals surface area contributed by atoms with Gasteiger partial charge in [0.1, 0.15) is 5.60 Å². The predicted octanol–water partition coefficient (Wildman–Crippen LogP) is 3.14. The van der Waals surface area contributed by atoms with Crippen LogP contribution in [-0.4, -0.2) is 29.7 Å². The fourth-order valence-corrected chi connectivity index (χ4v) is 2.29. The number of carbonyl (C=O) groups is 1. The number of aliphatic hydroxyl groups is 1. The summed E-state index contributed by atoms with van der Waals surface area (Å²) in [6.07, 6.45) is 3.70. The first-order valence-electron chi connectivity index (χ1n) is 6.83. The zero-order valence-electron chi connectivity index (χ0n) is 13.0. The van der Waals surface area contributed by atoms with Crippen LogP contribution in [0.1, 0.15) is 40.9 Å². The molecule has 0 radical (unpaired) electrons. The van der Waals surface area contributed by atoms with Crippen molar-refractivity contribution in [3.05, 3.63) is 46.5 Å². The van der Waals surface area contributed by atoms with Crippen molar-refractivity contribution in [2.45, 2.75) is 40.2 Å². The lowest BCUT2D eigenvalue weighted by atomic mass is 9.88. The summed E-state index contributed by atoms with van der Waals surface area (Å²) < 4.78 is 5.33. The maximum absolute atomic E-state index is 12.5. The van der Waals surface area contributed by atoms with E-state index in [4.69, 9.17) is 4.74 Å². The van der Waals surface area contributed by atoms with Gasteiger partial charge in [-0.3, -0.25) is 4.79 Å². The third-order valence-electron chi connectivity index (χ3n) is 3.23. The van der Waals surface area contributed by atoms with Crippen molar-refractivity contribution < 1.29 is 14.6 Å². The Balaban J connectivity index is 2.93. The van der Waals surface area contributed by atoms with Gasteiger partial charge in [0.2, 0.25) is 0 Å². The van der Waals surface area contributed by atoms with E-state index in [2.05, 4.69) is 0 Å². The number of carbonyl (C=O) groups excluding carboxylic acids is 1. The lowest BCUT2D eigenvalue weighted by molar-refractivity contribution is -0.0116. The van der Waals surface area contributed by atoms with E-state index in [1.807, 2.05) is 52.0 Å². The minimum atomic E-state index is -1.51. The number of hydrogen-bond donors (Lipinski definition) is 1. The quantitative estimate of drug-likeness (QED) is 0.493. The van der Waals surface area contributed by atoms with Crippen LogP contribution in [0.25, 0.3) is 0 Å². The van der Waals surface area contributed by atoms with E-state index in [1.54, 1.807) is 0 Å². The zero-order chi connectivity index (χ0) is 15.3. The average Bonchev–Trinajstić information content (AvgIpc) is 2.33. The Labute approximate surface area is 121 Å². The summed E-state index contributed by atoms with van der Waals surface area (Å²) in [5.74, 6) is -0.284. The van der Waals surface area contributed by atoms with Gasteiger partial charge in [0, 0.05) is 5.56 Å². The summed E-state index contributed by atoms with van der Waals surface area (Å²) in [7, 11) is 0. The highest BCUT2D eigenvalue weighted by Crippen LogP contribution is 2.22. The molecule has 1 aromatic carbocycles. The second-order valence-electron chi connectivity index (χ2n) is 5.46. The van der Waals surface area contributed by atoms with Gasteiger partial charge in [0.15, 0.2) is 5.78 Å². The van der Waals surface area contributed by atoms with Gasteiger partial charge in [-0.05, 0) is 45.7 Å². The van der Waals surface area contributed by atoms with Crippen molar-refractivity contribution in [3.8, 4) is 0 Å². The zero-order valence-corrected chi connectivity index (χ0v) is 13.0. The number of benzene rings is 1. The van der Waals surface area contributed by atoms with Crippen LogP contribution >= 0.6 is 0 Å². The molecule has 3 nitrogen and oxygen atoms in total. The molecule has 0 amide bonds. The highest BCUT2D eigenvalue weighted by atomic mass is 16.5. The van der Waals surface area contributed by atoms with Gasteiger partial charge in [-0.25, -0.2) is 0 Å². The number of hydrogen-bond acceptors (Lipinski definition) is 3. The standard InChI is InChI=1S/C17H24O3/c1-6-7-8-20-11-17(5,19)16(18)15-13(3)9-12(2)10-14(15)4/h6-7,9-10,19H,8,11H2,1-5H3/b7-6+.